The summed E-state index contributed by atoms with van der Waals surface area (Å²) in [4.78, 5) is 34.0. The Kier molecular flexibility index (Phi) is 7.78. The van der Waals surface area contributed by atoms with Gasteiger partial charge >= 0.3 is 0 Å². The lowest BCUT2D eigenvalue weighted by Crippen LogP contribution is -2.38. The summed E-state index contributed by atoms with van der Waals surface area (Å²) < 4.78 is 5.48. The molecule has 0 unspecified atom stereocenters. The van der Waals surface area contributed by atoms with Crippen LogP contribution in [0.25, 0.3) is 5.76 Å². The van der Waals surface area contributed by atoms with E-state index in [1.165, 1.54) is 4.90 Å². The second-order valence-corrected chi connectivity index (χ2v) is 7.40. The van der Waals surface area contributed by atoms with Crippen molar-refractivity contribution in [2.45, 2.75) is 19.9 Å². The van der Waals surface area contributed by atoms with Gasteiger partial charge in [-0.05, 0) is 49.5 Å². The first-order valence-electron chi connectivity index (χ1n) is 10.8. The molecule has 0 spiro atoms. The van der Waals surface area contributed by atoms with Crippen molar-refractivity contribution in [2.75, 3.05) is 32.8 Å². The van der Waals surface area contributed by atoms with Gasteiger partial charge in [0.15, 0.2) is 0 Å². The highest BCUT2D eigenvalue weighted by molar-refractivity contribution is 6.46. The lowest BCUT2D eigenvalue weighted by Gasteiger charge is -2.27. The monoisotopic (exact) mass is 435 g/mol. The van der Waals surface area contributed by atoms with E-state index in [-0.39, 0.29) is 11.3 Å². The fraction of sp³-hybridized carbons (Fsp3) is 0.320. The van der Waals surface area contributed by atoms with E-state index in [0.717, 1.165) is 13.1 Å². The maximum absolute atomic E-state index is 13.0. The molecule has 3 rings (SSSR count). The van der Waals surface area contributed by atoms with Gasteiger partial charge in [-0.25, -0.2) is 0 Å². The number of aliphatic hydroxyl groups is 1. The summed E-state index contributed by atoms with van der Waals surface area (Å²) in [6.45, 7) is 10.8. The first-order chi connectivity index (χ1) is 15.5. The van der Waals surface area contributed by atoms with Crippen LogP contribution in [0.15, 0.2) is 66.9 Å². The second kappa shape index (κ2) is 10.7. The van der Waals surface area contributed by atoms with Crippen LogP contribution in [0.1, 0.15) is 31.1 Å². The number of hydrogen-bond donors (Lipinski definition) is 1. The Morgan fingerprint density at radius 2 is 1.91 bits per heavy atom. The highest BCUT2D eigenvalue weighted by Crippen LogP contribution is 2.38. The van der Waals surface area contributed by atoms with Gasteiger partial charge in [0.05, 0.1) is 11.3 Å². The fourth-order valence-corrected chi connectivity index (χ4v) is 3.76. The van der Waals surface area contributed by atoms with Crippen LogP contribution in [-0.2, 0) is 9.59 Å². The first-order valence-corrected chi connectivity index (χ1v) is 10.8. The molecular formula is C25H29N3O4. The van der Waals surface area contributed by atoms with Crippen LogP contribution in [0.3, 0.4) is 0 Å². The SMILES string of the molecule is C=CCOc1ccc(/C(O)=C2\C(=O)C(=O)N(CCN(CC)CC)[C@@H]2c2ccccn2)cc1. The van der Waals surface area contributed by atoms with Gasteiger partial charge in [0.25, 0.3) is 11.7 Å². The molecule has 1 aromatic carbocycles. The molecule has 7 nitrogen and oxygen atoms in total. The van der Waals surface area contributed by atoms with Gasteiger partial charge in [0.2, 0.25) is 0 Å². The van der Waals surface area contributed by atoms with Crippen LogP contribution < -0.4 is 4.74 Å². The molecule has 1 aromatic heterocycles. The number of aromatic nitrogens is 1. The van der Waals surface area contributed by atoms with Gasteiger partial charge in [-0.2, -0.15) is 0 Å². The maximum atomic E-state index is 13.0. The molecule has 0 bridgehead atoms. The van der Waals surface area contributed by atoms with Crippen LogP contribution in [0, 0.1) is 0 Å². The number of likely N-dealkylation sites (N-methyl/N-ethyl adjacent to an activating group) is 1. The summed E-state index contributed by atoms with van der Waals surface area (Å²) in [5.74, 6) is -0.938. The Bertz CT molecular complexity index is 982. The summed E-state index contributed by atoms with van der Waals surface area (Å²) in [6, 6.07) is 11.3. The Labute approximate surface area is 188 Å². The molecule has 1 N–H and O–H groups in total. The number of aliphatic hydroxyl groups excluding tert-OH is 1. The molecular weight excluding hydrogens is 406 g/mol. The Hall–Kier alpha value is -3.45. The van der Waals surface area contributed by atoms with Crippen LogP contribution in [0.5, 0.6) is 5.75 Å². The molecule has 168 valence electrons. The summed E-state index contributed by atoms with van der Waals surface area (Å²) in [5.41, 5.74) is 1.02. The molecule has 0 radical (unpaired) electrons. The van der Waals surface area contributed by atoms with Gasteiger partial charge in [0.1, 0.15) is 24.2 Å². The van der Waals surface area contributed by atoms with Gasteiger partial charge in [-0.3, -0.25) is 14.6 Å². The molecule has 2 aromatic rings. The highest BCUT2D eigenvalue weighted by Gasteiger charge is 2.46. The number of hydrogen-bond acceptors (Lipinski definition) is 6. The molecule has 1 saturated heterocycles. The molecule has 32 heavy (non-hydrogen) atoms. The first kappa shape index (κ1) is 23.2. The predicted octanol–water partition coefficient (Wildman–Crippen LogP) is 3.41. The minimum absolute atomic E-state index is 0.0491. The average Bonchev–Trinajstić information content (AvgIpc) is 3.08. The zero-order chi connectivity index (χ0) is 23.1. The molecule has 1 aliphatic heterocycles. The van der Waals surface area contributed by atoms with Crippen LogP contribution >= 0.6 is 0 Å². The minimum atomic E-state index is -0.747. The quantitative estimate of drug-likeness (QED) is 0.267. The van der Waals surface area contributed by atoms with Crippen LogP contribution in [0.4, 0.5) is 0 Å². The number of carbonyl (C=O) groups excluding carboxylic acids is 2. The standard InChI is InChI=1S/C25H29N3O4/c1-4-17-32-19-12-10-18(11-13-19)23(29)21-22(20-9-7-8-14-26-20)28(25(31)24(21)30)16-15-27(5-2)6-3/h4,7-14,22,29H,1,5-6,15-17H2,2-3H3/b23-21+/t22-/m1/s1. The number of nitrogens with zero attached hydrogens (tertiary/aromatic N) is 3. The number of Topliss-reactive ketones (excluding diaryl/α,β-unsaturated/α-hetero) is 1. The zero-order valence-electron chi connectivity index (χ0n) is 18.5. The second-order valence-electron chi connectivity index (χ2n) is 7.40. The van der Waals surface area contributed by atoms with E-state index in [1.807, 2.05) is 0 Å². The highest BCUT2D eigenvalue weighted by atomic mass is 16.5. The van der Waals surface area contributed by atoms with Crippen molar-refractivity contribution in [1.82, 2.24) is 14.8 Å². The van der Waals surface area contributed by atoms with Crippen molar-refractivity contribution < 1.29 is 19.4 Å². The number of pyridine rings is 1. The van der Waals surface area contributed by atoms with Crippen LogP contribution in [-0.4, -0.2) is 64.4 Å². The summed E-state index contributed by atoms with van der Waals surface area (Å²) >= 11 is 0. The lowest BCUT2D eigenvalue weighted by atomic mass is 9.98. The number of ether oxygens (including phenoxy) is 1. The van der Waals surface area contributed by atoms with Crippen molar-refractivity contribution in [3.8, 4) is 5.75 Å². The van der Waals surface area contributed by atoms with Crippen molar-refractivity contribution >= 4 is 17.4 Å². The summed E-state index contributed by atoms with van der Waals surface area (Å²) in [6.07, 6.45) is 3.26. The number of rotatable bonds is 10. The fourth-order valence-electron chi connectivity index (χ4n) is 3.76. The van der Waals surface area contributed by atoms with Gasteiger partial charge in [-0.1, -0.05) is 32.6 Å². The van der Waals surface area contributed by atoms with Gasteiger partial charge < -0.3 is 19.6 Å². The number of carbonyl (C=O) groups is 2. The Balaban J connectivity index is 2.00. The molecule has 1 atom stereocenters. The third kappa shape index (κ3) is 4.89. The maximum Gasteiger partial charge on any atom is 0.295 e. The number of benzene rings is 1. The third-order valence-electron chi connectivity index (χ3n) is 5.56. The van der Waals surface area contributed by atoms with E-state index in [9.17, 15) is 14.7 Å². The molecule has 1 fully saturated rings. The topological polar surface area (TPSA) is 83.0 Å². The minimum Gasteiger partial charge on any atom is -0.507 e. The van der Waals surface area contributed by atoms with E-state index in [0.29, 0.717) is 36.7 Å². The van der Waals surface area contributed by atoms with E-state index in [2.05, 4.69) is 30.3 Å². The summed E-state index contributed by atoms with van der Waals surface area (Å²) in [7, 11) is 0. The average molecular weight is 436 g/mol. The van der Waals surface area contributed by atoms with Crippen LogP contribution in [0.2, 0.25) is 0 Å². The molecule has 1 aliphatic rings. The molecule has 0 saturated carbocycles. The molecule has 7 heteroatoms. The Morgan fingerprint density at radius 1 is 1.19 bits per heavy atom. The van der Waals surface area contributed by atoms with Gasteiger partial charge in [-0.15, -0.1) is 0 Å². The molecule has 1 amide bonds. The lowest BCUT2D eigenvalue weighted by molar-refractivity contribution is -0.140. The number of likely N-dealkylation sites (tertiary alicyclic amines) is 1. The van der Waals surface area contributed by atoms with E-state index in [4.69, 9.17) is 4.74 Å². The normalized spacial score (nSPS) is 17.7. The number of amides is 1. The van der Waals surface area contributed by atoms with E-state index >= 15 is 0 Å². The Morgan fingerprint density at radius 3 is 2.50 bits per heavy atom. The largest absolute Gasteiger partial charge is 0.507 e. The number of ketones is 1. The van der Waals surface area contributed by atoms with Gasteiger partial charge in [0, 0.05) is 24.8 Å². The zero-order valence-corrected chi connectivity index (χ0v) is 18.5. The molecule has 2 heterocycles. The molecule has 0 aliphatic carbocycles. The third-order valence-corrected chi connectivity index (χ3v) is 5.56. The van der Waals surface area contributed by atoms with Crippen molar-refractivity contribution in [3.05, 3.63) is 78.1 Å². The summed E-state index contributed by atoms with van der Waals surface area (Å²) in [5, 5.41) is 11.1. The van der Waals surface area contributed by atoms with Crippen molar-refractivity contribution in [2.24, 2.45) is 0 Å². The van der Waals surface area contributed by atoms with E-state index in [1.54, 1.807) is 54.7 Å². The van der Waals surface area contributed by atoms with Crippen molar-refractivity contribution in [1.29, 1.82) is 0 Å². The predicted molar refractivity (Wildman–Crippen MR) is 123 cm³/mol. The van der Waals surface area contributed by atoms with Crippen molar-refractivity contribution in [3.63, 3.8) is 0 Å². The van der Waals surface area contributed by atoms with E-state index < -0.39 is 17.7 Å². The smallest absolute Gasteiger partial charge is 0.295 e.